The topological polar surface area (TPSA) is 58.4 Å². The molecule has 0 spiro atoms. The lowest BCUT2D eigenvalue weighted by molar-refractivity contribution is -0.385. The van der Waals surface area contributed by atoms with Gasteiger partial charge in [-0.25, -0.2) is 0 Å². The summed E-state index contributed by atoms with van der Waals surface area (Å²) in [6.07, 6.45) is 3.88. The standard InChI is InChI=1S/C14H20ClN3O2/c15-13-5-4-6-14(18(19)20)12(13)11-16-7-10-17-8-2-1-3-9-17/h4-6,16H,1-3,7-11H2. The predicted molar refractivity (Wildman–Crippen MR) is 80.1 cm³/mol. The zero-order chi connectivity index (χ0) is 14.4. The molecule has 2 rings (SSSR count). The van der Waals surface area contributed by atoms with Gasteiger partial charge in [0.05, 0.1) is 15.5 Å². The third-order valence-electron chi connectivity index (χ3n) is 3.65. The summed E-state index contributed by atoms with van der Waals surface area (Å²) in [4.78, 5) is 13.0. The lowest BCUT2D eigenvalue weighted by Gasteiger charge is -2.26. The quantitative estimate of drug-likeness (QED) is 0.498. The molecule has 0 aliphatic carbocycles. The van der Waals surface area contributed by atoms with Gasteiger partial charge in [0.1, 0.15) is 0 Å². The highest BCUT2D eigenvalue weighted by atomic mass is 35.5. The van der Waals surface area contributed by atoms with Gasteiger partial charge in [0.15, 0.2) is 0 Å². The second-order valence-corrected chi connectivity index (χ2v) is 5.48. The van der Waals surface area contributed by atoms with Gasteiger partial charge in [-0.2, -0.15) is 0 Å². The largest absolute Gasteiger partial charge is 0.311 e. The van der Waals surface area contributed by atoms with E-state index in [0.29, 0.717) is 17.1 Å². The Hall–Kier alpha value is -1.17. The number of hydrogen-bond donors (Lipinski definition) is 1. The average Bonchev–Trinajstić information content (AvgIpc) is 2.45. The van der Waals surface area contributed by atoms with Crippen molar-refractivity contribution in [3.8, 4) is 0 Å². The van der Waals surface area contributed by atoms with Crippen molar-refractivity contribution < 1.29 is 4.92 Å². The first-order chi connectivity index (χ1) is 9.68. The van der Waals surface area contributed by atoms with Crippen molar-refractivity contribution in [3.05, 3.63) is 38.9 Å². The Morgan fingerprint density at radius 2 is 2.05 bits per heavy atom. The monoisotopic (exact) mass is 297 g/mol. The van der Waals surface area contributed by atoms with Crippen molar-refractivity contribution in [1.82, 2.24) is 10.2 Å². The Bertz CT molecular complexity index is 462. The summed E-state index contributed by atoms with van der Waals surface area (Å²) < 4.78 is 0. The van der Waals surface area contributed by atoms with Gasteiger partial charge in [0, 0.05) is 25.7 Å². The number of piperidine rings is 1. The van der Waals surface area contributed by atoms with E-state index in [1.807, 2.05) is 0 Å². The van der Waals surface area contributed by atoms with Crippen molar-refractivity contribution in [3.63, 3.8) is 0 Å². The summed E-state index contributed by atoms with van der Waals surface area (Å²) in [7, 11) is 0. The molecule has 1 heterocycles. The summed E-state index contributed by atoms with van der Waals surface area (Å²) in [6.45, 7) is 4.56. The lowest BCUT2D eigenvalue weighted by Crippen LogP contribution is -2.35. The molecular formula is C14H20ClN3O2. The van der Waals surface area contributed by atoms with Crippen LogP contribution >= 0.6 is 11.6 Å². The van der Waals surface area contributed by atoms with Crippen LogP contribution in [0.4, 0.5) is 5.69 Å². The zero-order valence-electron chi connectivity index (χ0n) is 11.5. The number of hydrogen-bond acceptors (Lipinski definition) is 4. The third-order valence-corrected chi connectivity index (χ3v) is 4.00. The minimum absolute atomic E-state index is 0.0861. The van der Waals surface area contributed by atoms with Crippen LogP contribution < -0.4 is 5.32 Å². The Balaban J connectivity index is 1.83. The maximum Gasteiger partial charge on any atom is 0.275 e. The molecule has 1 aromatic rings. The fraction of sp³-hybridized carbons (Fsp3) is 0.571. The van der Waals surface area contributed by atoms with Gasteiger partial charge < -0.3 is 10.2 Å². The van der Waals surface area contributed by atoms with Crippen LogP contribution in [0.3, 0.4) is 0 Å². The molecule has 0 saturated carbocycles. The first kappa shape index (κ1) is 15.2. The molecule has 0 amide bonds. The summed E-state index contributed by atoms with van der Waals surface area (Å²) in [5.74, 6) is 0. The van der Waals surface area contributed by atoms with Gasteiger partial charge in [-0.15, -0.1) is 0 Å². The molecule has 1 aromatic carbocycles. The van der Waals surface area contributed by atoms with Crippen LogP contribution in [-0.2, 0) is 6.54 Å². The van der Waals surface area contributed by atoms with Gasteiger partial charge in [-0.3, -0.25) is 10.1 Å². The SMILES string of the molecule is O=[N+]([O-])c1cccc(Cl)c1CNCCN1CCCCC1. The van der Waals surface area contributed by atoms with Crippen molar-refractivity contribution >= 4 is 17.3 Å². The number of halogens is 1. The first-order valence-electron chi connectivity index (χ1n) is 7.03. The molecule has 0 radical (unpaired) electrons. The second-order valence-electron chi connectivity index (χ2n) is 5.07. The minimum Gasteiger partial charge on any atom is -0.311 e. The van der Waals surface area contributed by atoms with Crippen LogP contribution in [0, 0.1) is 10.1 Å². The van der Waals surface area contributed by atoms with Gasteiger partial charge >= 0.3 is 0 Å². The molecule has 0 unspecified atom stereocenters. The third kappa shape index (κ3) is 4.16. The van der Waals surface area contributed by atoms with Gasteiger partial charge in [-0.05, 0) is 32.0 Å². The predicted octanol–water partition coefficient (Wildman–Crippen LogP) is 2.82. The molecule has 0 atom stereocenters. The first-order valence-corrected chi connectivity index (χ1v) is 7.41. The van der Waals surface area contributed by atoms with Crippen molar-refractivity contribution in [2.75, 3.05) is 26.2 Å². The van der Waals surface area contributed by atoms with E-state index in [0.717, 1.165) is 26.2 Å². The number of rotatable bonds is 6. The molecule has 1 aliphatic heterocycles. The maximum absolute atomic E-state index is 11.0. The summed E-state index contributed by atoms with van der Waals surface area (Å²) in [5.41, 5.74) is 0.654. The fourth-order valence-corrected chi connectivity index (χ4v) is 2.76. The van der Waals surface area contributed by atoms with E-state index in [2.05, 4.69) is 10.2 Å². The van der Waals surface area contributed by atoms with E-state index < -0.39 is 0 Å². The highest BCUT2D eigenvalue weighted by Crippen LogP contribution is 2.25. The Morgan fingerprint density at radius 3 is 2.75 bits per heavy atom. The number of nitrogens with one attached hydrogen (secondary N) is 1. The molecule has 5 nitrogen and oxygen atoms in total. The molecule has 0 aromatic heterocycles. The minimum atomic E-state index is -0.381. The van der Waals surface area contributed by atoms with E-state index >= 15 is 0 Å². The molecule has 110 valence electrons. The number of nitro groups is 1. The molecule has 1 fully saturated rings. The Labute approximate surface area is 124 Å². The highest BCUT2D eigenvalue weighted by Gasteiger charge is 2.16. The summed E-state index contributed by atoms with van der Waals surface area (Å²) >= 11 is 6.05. The second kappa shape index (κ2) is 7.57. The van der Waals surface area contributed by atoms with Crippen LogP contribution in [0.25, 0.3) is 0 Å². The van der Waals surface area contributed by atoms with E-state index in [9.17, 15) is 10.1 Å². The molecular weight excluding hydrogens is 278 g/mol. The number of nitrogens with zero attached hydrogens (tertiary/aromatic N) is 2. The van der Waals surface area contributed by atoms with Crippen LogP contribution in [-0.4, -0.2) is 36.0 Å². The normalized spacial score (nSPS) is 16.2. The number of benzene rings is 1. The van der Waals surface area contributed by atoms with E-state index in [1.54, 1.807) is 12.1 Å². The highest BCUT2D eigenvalue weighted by molar-refractivity contribution is 6.31. The van der Waals surface area contributed by atoms with Crippen LogP contribution in [0.5, 0.6) is 0 Å². The summed E-state index contributed by atoms with van der Waals surface area (Å²) in [5, 5.41) is 14.7. The van der Waals surface area contributed by atoms with E-state index in [-0.39, 0.29) is 10.6 Å². The van der Waals surface area contributed by atoms with E-state index in [1.165, 1.54) is 25.3 Å². The zero-order valence-corrected chi connectivity index (χ0v) is 12.2. The fourth-order valence-electron chi connectivity index (χ4n) is 2.53. The van der Waals surface area contributed by atoms with E-state index in [4.69, 9.17) is 11.6 Å². The van der Waals surface area contributed by atoms with Crippen molar-refractivity contribution in [2.45, 2.75) is 25.8 Å². The van der Waals surface area contributed by atoms with Gasteiger partial charge in [-0.1, -0.05) is 24.1 Å². The molecule has 20 heavy (non-hydrogen) atoms. The van der Waals surface area contributed by atoms with Crippen molar-refractivity contribution in [1.29, 1.82) is 0 Å². The molecule has 1 saturated heterocycles. The van der Waals surface area contributed by atoms with Gasteiger partial charge in [0.2, 0.25) is 0 Å². The van der Waals surface area contributed by atoms with Crippen LogP contribution in [0.15, 0.2) is 18.2 Å². The molecule has 6 heteroatoms. The molecule has 0 bridgehead atoms. The maximum atomic E-state index is 11.0. The van der Waals surface area contributed by atoms with Crippen LogP contribution in [0.2, 0.25) is 5.02 Å². The summed E-state index contributed by atoms with van der Waals surface area (Å²) in [6, 6.07) is 4.79. The Kier molecular flexibility index (Phi) is 5.76. The molecule has 1 aliphatic rings. The average molecular weight is 298 g/mol. The number of nitro benzene ring substituents is 1. The van der Waals surface area contributed by atoms with Gasteiger partial charge in [0.25, 0.3) is 5.69 Å². The Morgan fingerprint density at radius 1 is 1.30 bits per heavy atom. The molecule has 1 N–H and O–H groups in total. The lowest BCUT2D eigenvalue weighted by atomic mass is 10.1. The van der Waals surface area contributed by atoms with Crippen molar-refractivity contribution in [2.24, 2.45) is 0 Å². The number of likely N-dealkylation sites (tertiary alicyclic amines) is 1. The smallest absolute Gasteiger partial charge is 0.275 e. The van der Waals surface area contributed by atoms with Crippen LogP contribution in [0.1, 0.15) is 24.8 Å².